The van der Waals surface area contributed by atoms with E-state index in [4.69, 9.17) is 14.2 Å². The highest BCUT2D eigenvalue weighted by atomic mass is 32.2. The second kappa shape index (κ2) is 8.10. The van der Waals surface area contributed by atoms with Crippen molar-refractivity contribution in [2.75, 3.05) is 43.9 Å². The van der Waals surface area contributed by atoms with Gasteiger partial charge in [-0.05, 0) is 24.6 Å². The molecule has 0 spiro atoms. The number of hydrogen-bond acceptors (Lipinski definition) is 7. The number of sulfonamides is 1. The predicted molar refractivity (Wildman–Crippen MR) is 104 cm³/mol. The number of carbonyl (C=O) groups excluding carboxylic acids is 1. The number of morpholine rings is 1. The number of anilines is 1. The molecule has 1 aromatic carbocycles. The third-order valence-corrected chi connectivity index (χ3v) is 6.18. The summed E-state index contributed by atoms with van der Waals surface area (Å²) in [4.78, 5) is 14.4. The first kappa shape index (κ1) is 20.4. The van der Waals surface area contributed by atoms with Gasteiger partial charge in [0.2, 0.25) is 15.9 Å². The molecular formula is C19H26N2O7S. The van der Waals surface area contributed by atoms with E-state index >= 15 is 0 Å². The Bertz CT molecular complexity index is 869. The molecule has 0 aliphatic carbocycles. The van der Waals surface area contributed by atoms with Crippen molar-refractivity contribution in [2.45, 2.75) is 37.1 Å². The molecule has 0 saturated carbocycles. The van der Waals surface area contributed by atoms with Crippen LogP contribution in [0, 0.1) is 0 Å². The van der Waals surface area contributed by atoms with Crippen LogP contribution in [0.4, 0.5) is 5.69 Å². The van der Waals surface area contributed by atoms with Gasteiger partial charge in [0.1, 0.15) is 18.0 Å². The molecule has 3 heterocycles. The number of aliphatic hydroxyl groups is 1. The van der Waals surface area contributed by atoms with Crippen LogP contribution in [-0.2, 0) is 24.3 Å². The molecule has 29 heavy (non-hydrogen) atoms. The molecule has 4 atom stereocenters. The molecule has 4 rings (SSSR count). The Hall–Kier alpha value is -1.88. The SMILES string of the molecule is CS(=O)(=O)Nc1ccc2c(c1)[C@@H]1C[C@@H](CC(=O)N3CCOCC3)O[C@@H](CO)[C@@H]1O2. The summed E-state index contributed by atoms with van der Waals surface area (Å²) in [6.45, 7) is 2.02. The Balaban J connectivity index is 1.51. The number of nitrogens with one attached hydrogen (secondary N) is 1. The number of rotatable bonds is 5. The van der Waals surface area contributed by atoms with E-state index in [1.54, 1.807) is 23.1 Å². The lowest BCUT2D eigenvalue weighted by atomic mass is 9.84. The fraction of sp³-hybridized carbons (Fsp3) is 0.632. The summed E-state index contributed by atoms with van der Waals surface area (Å²) >= 11 is 0. The molecule has 3 aliphatic heterocycles. The maximum absolute atomic E-state index is 12.6. The molecule has 2 fully saturated rings. The van der Waals surface area contributed by atoms with Gasteiger partial charge in [-0.3, -0.25) is 9.52 Å². The number of amides is 1. The fourth-order valence-electron chi connectivity index (χ4n) is 4.30. The molecule has 1 amide bonds. The Morgan fingerprint density at radius 3 is 2.76 bits per heavy atom. The maximum Gasteiger partial charge on any atom is 0.229 e. The number of ether oxygens (including phenoxy) is 3. The van der Waals surface area contributed by atoms with Gasteiger partial charge in [-0.25, -0.2) is 8.42 Å². The zero-order chi connectivity index (χ0) is 20.6. The third kappa shape index (κ3) is 4.50. The van der Waals surface area contributed by atoms with E-state index in [0.29, 0.717) is 44.2 Å². The van der Waals surface area contributed by atoms with Crippen molar-refractivity contribution in [3.05, 3.63) is 23.8 Å². The second-order valence-corrected chi connectivity index (χ2v) is 9.48. The van der Waals surface area contributed by atoms with Crippen LogP contribution in [0.1, 0.15) is 24.3 Å². The van der Waals surface area contributed by atoms with E-state index in [0.717, 1.165) is 11.8 Å². The molecule has 2 saturated heterocycles. The van der Waals surface area contributed by atoms with Crippen LogP contribution in [0.25, 0.3) is 0 Å². The lowest BCUT2D eigenvalue weighted by Crippen LogP contribution is -2.48. The van der Waals surface area contributed by atoms with Gasteiger partial charge in [0, 0.05) is 30.3 Å². The molecule has 0 unspecified atom stereocenters. The van der Waals surface area contributed by atoms with Crippen molar-refractivity contribution < 1.29 is 32.5 Å². The minimum Gasteiger partial charge on any atom is -0.487 e. The van der Waals surface area contributed by atoms with Crippen LogP contribution >= 0.6 is 0 Å². The van der Waals surface area contributed by atoms with Crippen LogP contribution in [0.2, 0.25) is 0 Å². The van der Waals surface area contributed by atoms with Crippen LogP contribution < -0.4 is 9.46 Å². The first-order valence-electron chi connectivity index (χ1n) is 9.74. The van der Waals surface area contributed by atoms with Gasteiger partial charge in [0.05, 0.1) is 38.6 Å². The molecule has 160 valence electrons. The number of fused-ring (bicyclic) bond motifs is 3. The highest BCUT2D eigenvalue weighted by Crippen LogP contribution is 2.47. The summed E-state index contributed by atoms with van der Waals surface area (Å²) in [5.74, 6) is 0.584. The van der Waals surface area contributed by atoms with Gasteiger partial charge < -0.3 is 24.2 Å². The Morgan fingerprint density at radius 1 is 1.31 bits per heavy atom. The monoisotopic (exact) mass is 426 g/mol. The molecule has 2 N–H and O–H groups in total. The summed E-state index contributed by atoms with van der Waals surface area (Å²) in [5, 5.41) is 9.82. The van der Waals surface area contributed by atoms with Gasteiger partial charge in [-0.2, -0.15) is 0 Å². The molecule has 1 aromatic rings. The third-order valence-electron chi connectivity index (χ3n) is 5.57. The topological polar surface area (TPSA) is 114 Å². The first-order chi connectivity index (χ1) is 13.8. The van der Waals surface area contributed by atoms with E-state index < -0.39 is 16.1 Å². The van der Waals surface area contributed by atoms with Crippen molar-refractivity contribution in [3.63, 3.8) is 0 Å². The van der Waals surface area contributed by atoms with Crippen LogP contribution in [-0.4, -0.2) is 81.8 Å². The Kier molecular flexibility index (Phi) is 5.69. The van der Waals surface area contributed by atoms with Crippen LogP contribution in [0.5, 0.6) is 5.75 Å². The normalized spacial score (nSPS) is 29.0. The number of nitrogens with zero attached hydrogens (tertiary/aromatic N) is 1. The van der Waals surface area contributed by atoms with Crippen LogP contribution in [0.15, 0.2) is 18.2 Å². The van der Waals surface area contributed by atoms with Crippen molar-refractivity contribution >= 4 is 21.6 Å². The average molecular weight is 426 g/mol. The molecule has 0 aromatic heterocycles. The number of aliphatic hydroxyl groups excluding tert-OH is 1. The van der Waals surface area contributed by atoms with Gasteiger partial charge in [0.25, 0.3) is 0 Å². The minimum atomic E-state index is -3.39. The summed E-state index contributed by atoms with van der Waals surface area (Å²) in [6.07, 6.45) is 0.643. The van der Waals surface area contributed by atoms with E-state index in [1.807, 2.05) is 0 Å². The standard InChI is InChI=1S/C19H26N2O7S/c1-29(24,25)20-12-2-3-16-14(8-12)15-9-13(27-17(11-22)19(15)28-16)10-18(23)21-4-6-26-7-5-21/h2-3,8,13,15,17,19-20,22H,4-7,9-11H2,1H3/t13-,15-,17-,19+/m0/s1. The molecule has 9 nitrogen and oxygen atoms in total. The first-order valence-corrected chi connectivity index (χ1v) is 11.6. The maximum atomic E-state index is 12.6. The highest BCUT2D eigenvalue weighted by Gasteiger charge is 2.46. The van der Waals surface area contributed by atoms with E-state index in [2.05, 4.69) is 4.72 Å². The Morgan fingerprint density at radius 2 is 2.07 bits per heavy atom. The van der Waals surface area contributed by atoms with E-state index in [9.17, 15) is 18.3 Å². The van der Waals surface area contributed by atoms with Gasteiger partial charge in [0.15, 0.2) is 0 Å². The second-order valence-electron chi connectivity index (χ2n) is 7.73. The van der Waals surface area contributed by atoms with E-state index in [-0.39, 0.29) is 37.1 Å². The van der Waals surface area contributed by atoms with Crippen molar-refractivity contribution in [2.24, 2.45) is 0 Å². The molecule has 0 bridgehead atoms. The summed E-state index contributed by atoms with van der Waals surface area (Å²) in [5.41, 5.74) is 1.33. The largest absolute Gasteiger partial charge is 0.487 e. The van der Waals surface area contributed by atoms with Crippen molar-refractivity contribution in [1.29, 1.82) is 0 Å². The zero-order valence-corrected chi connectivity index (χ0v) is 17.1. The van der Waals surface area contributed by atoms with E-state index in [1.165, 1.54) is 0 Å². The summed E-state index contributed by atoms with van der Waals surface area (Å²) in [6, 6.07) is 5.14. The number of carbonyl (C=O) groups is 1. The molecular weight excluding hydrogens is 400 g/mol. The Labute approximate surface area is 170 Å². The fourth-order valence-corrected chi connectivity index (χ4v) is 4.86. The molecule has 0 radical (unpaired) electrons. The van der Waals surface area contributed by atoms with Crippen molar-refractivity contribution in [1.82, 2.24) is 4.90 Å². The summed E-state index contributed by atoms with van der Waals surface area (Å²) in [7, 11) is -3.39. The number of benzene rings is 1. The number of hydrogen-bond donors (Lipinski definition) is 2. The summed E-state index contributed by atoms with van der Waals surface area (Å²) < 4.78 is 42.9. The lowest BCUT2D eigenvalue weighted by Gasteiger charge is -2.38. The molecule has 3 aliphatic rings. The minimum absolute atomic E-state index is 0.0140. The average Bonchev–Trinajstić information content (AvgIpc) is 3.05. The smallest absolute Gasteiger partial charge is 0.229 e. The van der Waals surface area contributed by atoms with Gasteiger partial charge >= 0.3 is 0 Å². The van der Waals surface area contributed by atoms with Crippen LogP contribution in [0.3, 0.4) is 0 Å². The van der Waals surface area contributed by atoms with Gasteiger partial charge in [-0.15, -0.1) is 0 Å². The zero-order valence-electron chi connectivity index (χ0n) is 16.2. The van der Waals surface area contributed by atoms with Crippen molar-refractivity contribution in [3.8, 4) is 5.75 Å². The molecule has 10 heteroatoms. The predicted octanol–water partition coefficient (Wildman–Crippen LogP) is 0.301. The quantitative estimate of drug-likeness (QED) is 0.696. The lowest BCUT2D eigenvalue weighted by molar-refractivity contribution is -0.151. The highest BCUT2D eigenvalue weighted by molar-refractivity contribution is 7.92. The van der Waals surface area contributed by atoms with Gasteiger partial charge in [-0.1, -0.05) is 0 Å².